The molecule has 9 heteroatoms. The molecule has 2 aromatic carbocycles. The zero-order valence-electron chi connectivity index (χ0n) is 20.9. The normalized spacial score (nSPS) is 19.1. The molecule has 5 rings (SSSR count). The van der Waals surface area contributed by atoms with Gasteiger partial charge in [-0.2, -0.15) is 0 Å². The lowest BCUT2D eigenvalue weighted by atomic mass is 9.72. The van der Waals surface area contributed by atoms with Crippen LogP contribution in [0.2, 0.25) is 0 Å². The number of allylic oxidation sites excluding steroid dienone is 3. The quantitative estimate of drug-likeness (QED) is 0.235. The van der Waals surface area contributed by atoms with Gasteiger partial charge in [0.1, 0.15) is 12.4 Å². The van der Waals surface area contributed by atoms with E-state index >= 15 is 0 Å². The van der Waals surface area contributed by atoms with Crippen LogP contribution in [0.1, 0.15) is 47.6 Å². The van der Waals surface area contributed by atoms with Crippen molar-refractivity contribution in [1.29, 1.82) is 0 Å². The summed E-state index contributed by atoms with van der Waals surface area (Å²) in [7, 11) is 1.58. The number of nitrogens with one attached hydrogen (secondary N) is 1. The van der Waals surface area contributed by atoms with E-state index in [1.807, 2.05) is 29.6 Å². The van der Waals surface area contributed by atoms with E-state index in [0.717, 1.165) is 16.1 Å². The number of nitro benzene ring substituents is 1. The number of methoxy groups -OCH3 is 1. The molecule has 0 amide bonds. The maximum atomic E-state index is 13.6. The number of benzene rings is 2. The Kier molecular flexibility index (Phi) is 7.11. The number of nitrogens with zero attached hydrogens (tertiary/aromatic N) is 1. The fourth-order valence-corrected chi connectivity index (χ4v) is 5.94. The van der Waals surface area contributed by atoms with Crippen LogP contribution in [0.3, 0.4) is 0 Å². The lowest BCUT2D eigenvalue weighted by Gasteiger charge is -2.36. The Morgan fingerprint density at radius 1 is 1.11 bits per heavy atom. The van der Waals surface area contributed by atoms with Gasteiger partial charge < -0.3 is 14.8 Å². The van der Waals surface area contributed by atoms with E-state index < -0.39 is 16.8 Å². The molecule has 1 aliphatic carbocycles. The highest BCUT2D eigenvalue weighted by molar-refractivity contribution is 7.10. The SMILES string of the molecule is COc1ccc(COC(=O)C2=C(C)NC3=C(C(=O)C[C@@H](c4cccs4)C3)[C@H]2c2ccc([N+](=O)[O-])cc2)cc1. The Morgan fingerprint density at radius 3 is 2.47 bits per heavy atom. The Bertz CT molecular complexity index is 1440. The minimum atomic E-state index is -0.688. The number of rotatable bonds is 7. The number of ether oxygens (including phenoxy) is 2. The van der Waals surface area contributed by atoms with Crippen LogP contribution in [0, 0.1) is 10.1 Å². The Balaban J connectivity index is 1.49. The molecule has 1 aromatic heterocycles. The smallest absolute Gasteiger partial charge is 0.337 e. The highest BCUT2D eigenvalue weighted by atomic mass is 32.1. The van der Waals surface area contributed by atoms with E-state index in [-0.39, 0.29) is 24.0 Å². The molecular weight excluding hydrogens is 504 g/mol. The van der Waals surface area contributed by atoms with Crippen molar-refractivity contribution in [2.75, 3.05) is 7.11 Å². The van der Waals surface area contributed by atoms with E-state index in [9.17, 15) is 19.7 Å². The van der Waals surface area contributed by atoms with Gasteiger partial charge in [0.15, 0.2) is 5.78 Å². The molecule has 38 heavy (non-hydrogen) atoms. The molecule has 1 N–H and O–H groups in total. The second-order valence-corrected chi connectivity index (χ2v) is 10.3. The van der Waals surface area contributed by atoms with Crippen LogP contribution in [0.15, 0.2) is 88.6 Å². The first-order valence-electron chi connectivity index (χ1n) is 12.2. The molecule has 2 heterocycles. The molecule has 0 bridgehead atoms. The first-order valence-corrected chi connectivity index (χ1v) is 13.1. The number of carbonyl (C=O) groups excluding carboxylic acids is 2. The van der Waals surface area contributed by atoms with Crippen LogP contribution in [0.4, 0.5) is 5.69 Å². The third-order valence-electron chi connectivity index (χ3n) is 6.96. The van der Waals surface area contributed by atoms with E-state index in [4.69, 9.17) is 9.47 Å². The van der Waals surface area contributed by atoms with Crippen LogP contribution >= 0.6 is 11.3 Å². The molecule has 8 nitrogen and oxygen atoms in total. The number of dihydropyridines is 1. The minimum absolute atomic E-state index is 0.0477. The monoisotopic (exact) mass is 530 g/mol. The third kappa shape index (κ3) is 4.97. The molecule has 3 aromatic rings. The van der Waals surface area contributed by atoms with Gasteiger partial charge in [0.05, 0.1) is 17.6 Å². The van der Waals surface area contributed by atoms with Crippen LogP contribution in [-0.2, 0) is 20.9 Å². The third-order valence-corrected chi connectivity index (χ3v) is 7.99. The zero-order chi connectivity index (χ0) is 26.8. The van der Waals surface area contributed by atoms with Crippen LogP contribution in [0.25, 0.3) is 0 Å². The number of carbonyl (C=O) groups is 2. The van der Waals surface area contributed by atoms with Crippen molar-refractivity contribution >= 4 is 28.8 Å². The number of hydrogen-bond donors (Lipinski definition) is 1. The summed E-state index contributed by atoms with van der Waals surface area (Å²) in [6.45, 7) is 1.85. The molecule has 194 valence electrons. The van der Waals surface area contributed by atoms with Gasteiger partial charge in [0.2, 0.25) is 0 Å². The van der Waals surface area contributed by atoms with E-state index in [1.165, 1.54) is 12.1 Å². The molecule has 2 aliphatic rings. The molecule has 1 aliphatic heterocycles. The topological polar surface area (TPSA) is 108 Å². The maximum absolute atomic E-state index is 13.6. The first-order chi connectivity index (χ1) is 18.4. The van der Waals surface area contributed by atoms with Crippen LogP contribution < -0.4 is 10.1 Å². The van der Waals surface area contributed by atoms with Crippen molar-refractivity contribution in [3.63, 3.8) is 0 Å². The molecule has 0 unspecified atom stereocenters. The maximum Gasteiger partial charge on any atom is 0.337 e. The highest BCUT2D eigenvalue weighted by Gasteiger charge is 2.41. The van der Waals surface area contributed by atoms with Gasteiger partial charge in [0.25, 0.3) is 5.69 Å². The average Bonchev–Trinajstić information content (AvgIpc) is 3.46. The number of thiophene rings is 1. The van der Waals surface area contributed by atoms with Crippen molar-refractivity contribution in [2.45, 2.75) is 38.2 Å². The number of ketones is 1. The van der Waals surface area contributed by atoms with Gasteiger partial charge in [-0.25, -0.2) is 4.79 Å². The lowest BCUT2D eigenvalue weighted by molar-refractivity contribution is -0.384. The summed E-state index contributed by atoms with van der Waals surface area (Å²) in [5.74, 6) is -0.526. The minimum Gasteiger partial charge on any atom is -0.497 e. The van der Waals surface area contributed by atoms with Gasteiger partial charge in [0, 0.05) is 52.2 Å². The van der Waals surface area contributed by atoms with Crippen molar-refractivity contribution in [1.82, 2.24) is 5.32 Å². The zero-order valence-corrected chi connectivity index (χ0v) is 21.7. The first kappa shape index (κ1) is 25.4. The Hall–Kier alpha value is -4.24. The highest BCUT2D eigenvalue weighted by Crippen LogP contribution is 2.46. The predicted octanol–water partition coefficient (Wildman–Crippen LogP) is 5.77. The standard InChI is InChI=1S/C29H26N2O6S/c1-17-26(29(33)37-16-18-5-11-22(36-2)12-6-18)27(19-7-9-21(10-8-19)31(34)35)28-23(30-17)14-20(15-24(28)32)25-4-3-13-38-25/h3-13,20,27,30H,14-16H2,1-2H3/t20-,27-/m0/s1. The van der Waals surface area contributed by atoms with Crippen LogP contribution in [-0.4, -0.2) is 23.8 Å². The average molecular weight is 531 g/mol. The number of non-ortho nitro benzene ring substituents is 1. The van der Waals surface area contributed by atoms with E-state index in [2.05, 4.69) is 5.32 Å². The summed E-state index contributed by atoms with van der Waals surface area (Å²) in [6.07, 6.45) is 0.967. The van der Waals surface area contributed by atoms with Gasteiger partial charge in [-0.1, -0.05) is 30.3 Å². The van der Waals surface area contributed by atoms with Gasteiger partial charge in [-0.15, -0.1) is 11.3 Å². The summed E-state index contributed by atoms with van der Waals surface area (Å²) < 4.78 is 10.9. The Morgan fingerprint density at radius 2 is 1.84 bits per heavy atom. The summed E-state index contributed by atoms with van der Waals surface area (Å²) in [6, 6.07) is 17.2. The van der Waals surface area contributed by atoms with Crippen molar-refractivity contribution in [2.24, 2.45) is 0 Å². The number of esters is 1. The van der Waals surface area contributed by atoms with Gasteiger partial charge >= 0.3 is 5.97 Å². The summed E-state index contributed by atoms with van der Waals surface area (Å²) >= 11 is 1.62. The molecule has 0 saturated carbocycles. The summed E-state index contributed by atoms with van der Waals surface area (Å²) in [5.41, 5.74) is 3.60. The van der Waals surface area contributed by atoms with E-state index in [0.29, 0.717) is 41.0 Å². The largest absolute Gasteiger partial charge is 0.497 e. The molecule has 0 radical (unpaired) electrons. The Labute approximate surface area is 223 Å². The number of Topliss-reactive ketones (excluding diaryl/α,β-unsaturated/α-hetero) is 1. The van der Waals surface area contributed by atoms with Gasteiger partial charge in [-0.3, -0.25) is 14.9 Å². The second kappa shape index (κ2) is 10.6. The fourth-order valence-electron chi connectivity index (χ4n) is 5.10. The van der Waals surface area contributed by atoms with Gasteiger partial charge in [-0.05, 0) is 48.1 Å². The molecule has 0 fully saturated rings. The summed E-state index contributed by atoms with van der Waals surface area (Å²) in [4.78, 5) is 39.0. The predicted molar refractivity (Wildman–Crippen MR) is 143 cm³/mol. The lowest BCUT2D eigenvalue weighted by Crippen LogP contribution is -2.36. The molecular formula is C29H26N2O6S. The van der Waals surface area contributed by atoms with Crippen molar-refractivity contribution < 1.29 is 24.0 Å². The fraction of sp³-hybridized carbons (Fsp3) is 0.241. The molecule has 0 saturated heterocycles. The second-order valence-electron chi connectivity index (χ2n) is 9.31. The van der Waals surface area contributed by atoms with Crippen LogP contribution in [0.5, 0.6) is 5.75 Å². The number of nitro groups is 1. The van der Waals surface area contributed by atoms with Crippen molar-refractivity contribution in [3.05, 3.63) is 115 Å². The summed E-state index contributed by atoms with van der Waals surface area (Å²) in [5, 5.41) is 16.6. The molecule has 0 spiro atoms. The molecule has 2 atom stereocenters. The van der Waals surface area contributed by atoms with E-state index in [1.54, 1.807) is 49.6 Å². The number of hydrogen-bond acceptors (Lipinski definition) is 8. The van der Waals surface area contributed by atoms with Crippen molar-refractivity contribution in [3.8, 4) is 5.75 Å².